The van der Waals surface area contributed by atoms with Gasteiger partial charge in [-0.2, -0.15) is 0 Å². The number of carbonyl (C=O) groups excluding carboxylic acids is 1. The molecule has 2 heterocycles. The monoisotopic (exact) mass is 407 g/mol. The van der Waals surface area contributed by atoms with Crippen LogP contribution in [0, 0.1) is 5.82 Å². The lowest BCUT2D eigenvalue weighted by atomic mass is 10.1. The van der Waals surface area contributed by atoms with E-state index in [0.717, 1.165) is 22.8 Å². The van der Waals surface area contributed by atoms with E-state index in [1.54, 1.807) is 24.1 Å². The number of rotatable bonds is 4. The highest BCUT2D eigenvalue weighted by Gasteiger charge is 2.22. The molecule has 0 bridgehead atoms. The number of hydrogen-bond donors (Lipinski definition) is 1. The summed E-state index contributed by atoms with van der Waals surface area (Å²) in [6.07, 6.45) is 0. The van der Waals surface area contributed by atoms with E-state index in [4.69, 9.17) is 4.74 Å². The van der Waals surface area contributed by atoms with Crippen LogP contribution in [0.5, 0.6) is 5.75 Å². The summed E-state index contributed by atoms with van der Waals surface area (Å²) >= 11 is 0. The molecule has 2 aromatic carbocycles. The van der Waals surface area contributed by atoms with Gasteiger partial charge in [0.2, 0.25) is 0 Å². The third-order valence-electron chi connectivity index (χ3n) is 5.00. The van der Waals surface area contributed by atoms with Crippen molar-refractivity contribution in [2.24, 2.45) is 0 Å². The molecule has 0 aliphatic carbocycles. The summed E-state index contributed by atoms with van der Waals surface area (Å²) in [5.41, 5.74) is 2.07. The first-order valence-electron chi connectivity index (χ1n) is 9.67. The molecule has 4 rings (SSSR count). The highest BCUT2D eigenvalue weighted by Crippen LogP contribution is 2.28. The van der Waals surface area contributed by atoms with Crippen molar-refractivity contribution in [3.63, 3.8) is 0 Å². The second kappa shape index (κ2) is 8.77. The van der Waals surface area contributed by atoms with Crippen LogP contribution in [0.15, 0.2) is 60.7 Å². The van der Waals surface area contributed by atoms with E-state index in [1.807, 2.05) is 36.4 Å². The van der Waals surface area contributed by atoms with E-state index in [0.29, 0.717) is 31.9 Å². The number of urea groups is 1. The number of aromatic nitrogens is 2. The number of anilines is 2. The Morgan fingerprint density at radius 2 is 1.80 bits per heavy atom. The van der Waals surface area contributed by atoms with Crippen LogP contribution >= 0.6 is 0 Å². The van der Waals surface area contributed by atoms with E-state index >= 15 is 0 Å². The number of ether oxygens (including phenoxy) is 1. The zero-order chi connectivity index (χ0) is 20.9. The fourth-order valence-corrected chi connectivity index (χ4v) is 3.40. The lowest BCUT2D eigenvalue weighted by Gasteiger charge is -2.35. The molecule has 2 amide bonds. The number of hydrogen-bond acceptors (Lipinski definition) is 5. The Morgan fingerprint density at radius 3 is 2.50 bits per heavy atom. The maximum Gasteiger partial charge on any atom is 0.321 e. The lowest BCUT2D eigenvalue weighted by molar-refractivity contribution is 0.208. The van der Waals surface area contributed by atoms with E-state index in [2.05, 4.69) is 20.4 Å². The first-order valence-corrected chi connectivity index (χ1v) is 9.67. The fourth-order valence-electron chi connectivity index (χ4n) is 3.40. The number of nitrogens with zero attached hydrogens (tertiary/aromatic N) is 4. The van der Waals surface area contributed by atoms with Crippen molar-refractivity contribution in [3.8, 4) is 17.0 Å². The molecule has 1 N–H and O–H groups in total. The van der Waals surface area contributed by atoms with Crippen LogP contribution in [0.2, 0.25) is 0 Å². The van der Waals surface area contributed by atoms with Gasteiger partial charge in [-0.15, -0.1) is 10.2 Å². The van der Waals surface area contributed by atoms with Gasteiger partial charge in [-0.25, -0.2) is 9.18 Å². The molecule has 30 heavy (non-hydrogen) atoms. The standard InChI is InChI=1S/C22H22FN5O2/c1-30-20-8-3-2-7-18(20)19-9-10-21(26-25-19)27-11-13-28(14-12-27)22(29)24-17-6-4-5-16(23)15-17/h2-10,15H,11-14H2,1H3,(H,24,29). The molecule has 0 saturated carbocycles. The second-order valence-electron chi connectivity index (χ2n) is 6.89. The van der Waals surface area contributed by atoms with Gasteiger partial charge in [0.05, 0.1) is 12.8 Å². The van der Waals surface area contributed by atoms with Crippen LogP contribution in [-0.2, 0) is 0 Å². The lowest BCUT2D eigenvalue weighted by Crippen LogP contribution is -2.50. The average Bonchev–Trinajstić information content (AvgIpc) is 2.79. The SMILES string of the molecule is COc1ccccc1-c1ccc(N2CCN(C(=O)Nc3cccc(F)c3)CC2)nn1. The van der Waals surface area contributed by atoms with E-state index in [9.17, 15) is 9.18 Å². The minimum atomic E-state index is -0.382. The molecule has 1 aromatic heterocycles. The highest BCUT2D eigenvalue weighted by molar-refractivity contribution is 5.89. The molecular formula is C22H22FN5O2. The Balaban J connectivity index is 1.36. The van der Waals surface area contributed by atoms with E-state index in [-0.39, 0.29) is 11.8 Å². The molecule has 0 radical (unpaired) electrons. The Bertz CT molecular complexity index is 1020. The number of halogens is 1. The van der Waals surface area contributed by atoms with Gasteiger partial charge in [0.25, 0.3) is 0 Å². The van der Waals surface area contributed by atoms with Gasteiger partial charge in [0.15, 0.2) is 5.82 Å². The molecule has 0 spiro atoms. The van der Waals surface area contributed by atoms with Crippen molar-refractivity contribution < 1.29 is 13.9 Å². The first kappa shape index (κ1) is 19.6. The summed E-state index contributed by atoms with van der Waals surface area (Å²) in [5, 5.41) is 11.4. The molecule has 1 aliphatic rings. The Kier molecular flexibility index (Phi) is 5.74. The van der Waals surface area contributed by atoms with Crippen LogP contribution in [0.25, 0.3) is 11.3 Å². The first-order chi connectivity index (χ1) is 14.6. The Morgan fingerprint density at radius 1 is 1.00 bits per heavy atom. The Hall–Kier alpha value is -3.68. The summed E-state index contributed by atoms with van der Waals surface area (Å²) in [6.45, 7) is 2.35. The summed E-state index contributed by atoms with van der Waals surface area (Å²) in [7, 11) is 1.63. The highest BCUT2D eigenvalue weighted by atomic mass is 19.1. The fraction of sp³-hybridized carbons (Fsp3) is 0.227. The van der Waals surface area contributed by atoms with Crippen LogP contribution in [-0.4, -0.2) is 54.4 Å². The van der Waals surface area contributed by atoms with E-state index < -0.39 is 0 Å². The summed E-state index contributed by atoms with van der Waals surface area (Å²) < 4.78 is 18.7. The van der Waals surface area contributed by atoms with Crippen molar-refractivity contribution in [2.75, 3.05) is 43.5 Å². The summed E-state index contributed by atoms with van der Waals surface area (Å²) in [4.78, 5) is 16.2. The molecule has 3 aromatic rings. The third kappa shape index (κ3) is 4.32. The minimum Gasteiger partial charge on any atom is -0.496 e. The topological polar surface area (TPSA) is 70.6 Å². The number of piperazine rings is 1. The van der Waals surface area contributed by atoms with Crippen molar-refractivity contribution in [1.29, 1.82) is 0 Å². The zero-order valence-electron chi connectivity index (χ0n) is 16.6. The van der Waals surface area contributed by atoms with Gasteiger partial charge < -0.3 is 19.9 Å². The van der Waals surface area contributed by atoms with Gasteiger partial charge >= 0.3 is 6.03 Å². The molecule has 8 heteroatoms. The van der Waals surface area contributed by atoms with Crippen LogP contribution in [0.1, 0.15) is 0 Å². The predicted molar refractivity (Wildman–Crippen MR) is 113 cm³/mol. The molecule has 154 valence electrons. The normalized spacial score (nSPS) is 13.8. The zero-order valence-corrected chi connectivity index (χ0v) is 16.6. The van der Waals surface area contributed by atoms with E-state index in [1.165, 1.54) is 12.1 Å². The quantitative estimate of drug-likeness (QED) is 0.715. The van der Waals surface area contributed by atoms with Crippen LogP contribution in [0.4, 0.5) is 20.7 Å². The maximum atomic E-state index is 13.3. The number of benzene rings is 2. The molecule has 7 nitrogen and oxygen atoms in total. The molecule has 1 saturated heterocycles. The summed E-state index contributed by atoms with van der Waals surface area (Å²) in [6, 6.07) is 17.2. The van der Waals surface area contributed by atoms with Crippen molar-refractivity contribution in [1.82, 2.24) is 15.1 Å². The van der Waals surface area contributed by atoms with Crippen molar-refractivity contribution >= 4 is 17.5 Å². The van der Waals surface area contributed by atoms with Gasteiger partial charge in [-0.05, 0) is 42.5 Å². The predicted octanol–water partition coefficient (Wildman–Crippen LogP) is 3.65. The number of nitrogens with one attached hydrogen (secondary N) is 1. The largest absolute Gasteiger partial charge is 0.496 e. The number of methoxy groups -OCH3 is 1. The third-order valence-corrected chi connectivity index (χ3v) is 5.00. The average molecular weight is 407 g/mol. The molecular weight excluding hydrogens is 385 g/mol. The van der Waals surface area contributed by atoms with Gasteiger partial charge in [0.1, 0.15) is 11.6 Å². The molecule has 0 atom stereocenters. The van der Waals surface area contributed by atoms with Crippen molar-refractivity contribution in [3.05, 3.63) is 66.5 Å². The second-order valence-corrected chi connectivity index (χ2v) is 6.89. The molecule has 1 fully saturated rings. The minimum absolute atomic E-state index is 0.238. The Labute approximate surface area is 174 Å². The van der Waals surface area contributed by atoms with Gasteiger partial charge in [-0.1, -0.05) is 18.2 Å². The van der Waals surface area contributed by atoms with Gasteiger partial charge in [-0.3, -0.25) is 0 Å². The van der Waals surface area contributed by atoms with Crippen LogP contribution in [0.3, 0.4) is 0 Å². The molecule has 0 unspecified atom stereocenters. The number of para-hydroxylation sites is 1. The number of carbonyl (C=O) groups is 1. The van der Waals surface area contributed by atoms with Gasteiger partial charge in [0, 0.05) is 37.4 Å². The summed E-state index contributed by atoms with van der Waals surface area (Å²) in [5.74, 6) is 1.13. The smallest absolute Gasteiger partial charge is 0.321 e. The van der Waals surface area contributed by atoms with Crippen LogP contribution < -0.4 is 15.0 Å². The molecule has 1 aliphatic heterocycles. The number of amides is 2. The maximum absolute atomic E-state index is 13.3. The van der Waals surface area contributed by atoms with Crippen molar-refractivity contribution in [2.45, 2.75) is 0 Å².